The Morgan fingerprint density at radius 3 is 1.36 bits per heavy atom. The average molecular weight is 520 g/mol. The van der Waals surface area contributed by atoms with Gasteiger partial charge in [0.25, 0.3) is 0 Å². The van der Waals surface area contributed by atoms with Crippen LogP contribution in [0, 0.1) is 11.8 Å². The predicted octanol–water partition coefficient (Wildman–Crippen LogP) is 0.936. The van der Waals surface area contributed by atoms with Crippen molar-refractivity contribution in [3.8, 4) is 0 Å². The van der Waals surface area contributed by atoms with Crippen LogP contribution in [0.2, 0.25) is 0 Å². The first-order chi connectivity index (χ1) is 15.7. The van der Waals surface area contributed by atoms with E-state index in [1.165, 1.54) is 15.9 Å². The molecule has 1 aliphatic heterocycles. The van der Waals surface area contributed by atoms with Crippen LogP contribution in [0.4, 0.5) is 0 Å². The molecule has 1 heterocycles. The highest BCUT2D eigenvalue weighted by molar-refractivity contribution is 7.95. The number of allylic oxidation sites excluding steroid dienone is 2. The lowest BCUT2D eigenvalue weighted by Crippen LogP contribution is -3.00. The highest BCUT2D eigenvalue weighted by Gasteiger charge is 2.50. The van der Waals surface area contributed by atoms with E-state index in [-0.39, 0.29) is 40.6 Å². The van der Waals surface area contributed by atoms with E-state index in [0.29, 0.717) is 19.4 Å². The second-order valence-corrected chi connectivity index (χ2v) is 12.1. The van der Waals surface area contributed by atoms with Gasteiger partial charge in [0.05, 0.1) is 24.5 Å². The number of hydrogen-bond donors (Lipinski definition) is 0. The van der Waals surface area contributed by atoms with Crippen molar-refractivity contribution in [2.45, 2.75) is 12.8 Å². The van der Waals surface area contributed by atoms with E-state index < -0.39 is 7.26 Å². The van der Waals surface area contributed by atoms with Gasteiger partial charge in [-0.2, -0.15) is 0 Å². The largest absolute Gasteiger partial charge is 1.00 e. The van der Waals surface area contributed by atoms with E-state index in [0.717, 1.165) is 6.16 Å². The Labute approximate surface area is 206 Å². The molecule has 5 heteroatoms. The maximum Gasteiger partial charge on any atom is 0.233 e. The molecule has 0 radical (unpaired) electrons. The summed E-state index contributed by atoms with van der Waals surface area (Å²) in [6.07, 6.45) is 6.20. The van der Waals surface area contributed by atoms with Gasteiger partial charge in [-0.25, -0.2) is 0 Å². The number of halogens is 1. The molecule has 2 unspecified atom stereocenters. The molecule has 2 aliphatic rings. The molecule has 0 N–H and O–H groups in total. The van der Waals surface area contributed by atoms with Crippen molar-refractivity contribution in [1.29, 1.82) is 0 Å². The summed E-state index contributed by atoms with van der Waals surface area (Å²) < 4.78 is 0. The maximum atomic E-state index is 13.2. The first-order valence-corrected chi connectivity index (χ1v) is 13.2. The van der Waals surface area contributed by atoms with E-state index in [4.69, 9.17) is 0 Å². The molecule has 1 aliphatic carbocycles. The summed E-state index contributed by atoms with van der Waals surface area (Å²) in [4.78, 5) is 27.9. The van der Waals surface area contributed by atoms with Crippen molar-refractivity contribution in [3.63, 3.8) is 0 Å². The number of likely N-dealkylation sites (tertiary alicyclic amines) is 1. The van der Waals surface area contributed by atoms with Gasteiger partial charge < -0.3 is 17.0 Å². The average Bonchev–Trinajstić information content (AvgIpc) is 3.11. The summed E-state index contributed by atoms with van der Waals surface area (Å²) in [5, 5.41) is 3.82. The lowest BCUT2D eigenvalue weighted by molar-refractivity contribution is -0.139. The number of imide groups is 1. The molecule has 5 rings (SSSR count). The quantitative estimate of drug-likeness (QED) is 0.276. The normalized spacial score (nSPS) is 19.8. The Hall–Kier alpha value is -2.55. The second-order valence-electron chi connectivity index (χ2n) is 8.52. The van der Waals surface area contributed by atoms with Crippen LogP contribution < -0.4 is 32.9 Å². The van der Waals surface area contributed by atoms with Crippen LogP contribution in [0.25, 0.3) is 0 Å². The zero-order valence-electron chi connectivity index (χ0n) is 18.4. The Morgan fingerprint density at radius 2 is 1.00 bits per heavy atom. The zero-order chi connectivity index (χ0) is 22.0. The molecule has 1 saturated heterocycles. The fourth-order valence-corrected chi connectivity index (χ4v) is 9.43. The third kappa shape index (κ3) is 4.23. The summed E-state index contributed by atoms with van der Waals surface area (Å²) in [6, 6.07) is 31.8. The summed E-state index contributed by atoms with van der Waals surface area (Å²) in [6.45, 7) is 0.455. The van der Waals surface area contributed by atoms with Crippen LogP contribution >= 0.6 is 7.26 Å². The van der Waals surface area contributed by atoms with Gasteiger partial charge in [-0.1, -0.05) is 66.7 Å². The molecule has 3 nitrogen and oxygen atoms in total. The third-order valence-electron chi connectivity index (χ3n) is 6.85. The fourth-order valence-electron chi connectivity index (χ4n) is 5.22. The molecule has 0 bridgehead atoms. The number of rotatable bonds is 6. The van der Waals surface area contributed by atoms with Crippen molar-refractivity contribution in [2.75, 3.05) is 12.7 Å². The Balaban J connectivity index is 0.00000259. The van der Waals surface area contributed by atoms with Gasteiger partial charge in [0.2, 0.25) is 11.8 Å². The van der Waals surface area contributed by atoms with Crippen molar-refractivity contribution >= 4 is 35.0 Å². The lowest BCUT2D eigenvalue weighted by atomic mass is 9.85. The Kier molecular flexibility index (Phi) is 7.26. The van der Waals surface area contributed by atoms with E-state index in [2.05, 4.69) is 72.8 Å². The van der Waals surface area contributed by atoms with Crippen LogP contribution in [0.5, 0.6) is 0 Å². The molecule has 33 heavy (non-hydrogen) atoms. The van der Waals surface area contributed by atoms with Gasteiger partial charge in [-0.15, -0.1) is 0 Å². The van der Waals surface area contributed by atoms with Crippen LogP contribution in [0.1, 0.15) is 12.8 Å². The van der Waals surface area contributed by atoms with Crippen LogP contribution in [0.3, 0.4) is 0 Å². The fraction of sp³-hybridized carbons (Fsp3) is 0.214. The van der Waals surface area contributed by atoms with Gasteiger partial charge in [0, 0.05) is 0 Å². The SMILES string of the molecule is O=C1C2CC=CCC2C(=O)N1CC[P+](c1ccccc1)(c1ccccc1)c1ccccc1.[Br-]. The van der Waals surface area contributed by atoms with Crippen molar-refractivity contribution in [2.24, 2.45) is 11.8 Å². The van der Waals surface area contributed by atoms with Gasteiger partial charge in [0.1, 0.15) is 23.2 Å². The topological polar surface area (TPSA) is 37.4 Å². The number of fused-ring (bicyclic) bond motifs is 1. The zero-order valence-corrected chi connectivity index (χ0v) is 20.9. The van der Waals surface area contributed by atoms with Gasteiger partial charge >= 0.3 is 0 Å². The van der Waals surface area contributed by atoms with Crippen molar-refractivity contribution in [1.82, 2.24) is 4.90 Å². The Bertz CT molecular complexity index is 1010. The monoisotopic (exact) mass is 519 g/mol. The van der Waals surface area contributed by atoms with E-state index >= 15 is 0 Å². The maximum absolute atomic E-state index is 13.2. The van der Waals surface area contributed by atoms with Crippen molar-refractivity contribution in [3.05, 3.63) is 103 Å². The highest BCUT2D eigenvalue weighted by atomic mass is 79.9. The molecule has 3 aromatic carbocycles. The number of nitrogens with zero attached hydrogens (tertiary/aromatic N) is 1. The standard InChI is InChI=1S/C28H27NO2P.BrH/c30-27-25-18-10-11-19-26(25)28(31)29(27)20-21-32(22-12-4-1-5-13-22,23-14-6-2-7-15-23)24-16-8-3-9-17-24;/h1-17,25-26H,18-21H2;1H/q+1;/p-1. The lowest BCUT2D eigenvalue weighted by Gasteiger charge is -2.29. The smallest absolute Gasteiger partial charge is 0.233 e. The Morgan fingerprint density at radius 1 is 0.636 bits per heavy atom. The number of amides is 2. The number of benzene rings is 3. The minimum atomic E-state index is -2.06. The summed E-state index contributed by atoms with van der Waals surface area (Å²) >= 11 is 0. The summed E-state index contributed by atoms with van der Waals surface area (Å²) in [7, 11) is -2.06. The molecule has 0 aromatic heterocycles. The van der Waals surface area contributed by atoms with Gasteiger partial charge in [-0.05, 0) is 49.2 Å². The molecule has 2 amide bonds. The molecule has 0 spiro atoms. The first kappa shape index (κ1) is 23.6. The molecule has 3 aromatic rings. The first-order valence-electron chi connectivity index (χ1n) is 11.3. The van der Waals surface area contributed by atoms with E-state index in [9.17, 15) is 9.59 Å². The molecule has 2 atom stereocenters. The molecule has 1 fully saturated rings. The molecule has 168 valence electrons. The van der Waals surface area contributed by atoms with Crippen molar-refractivity contribution < 1.29 is 26.6 Å². The minimum absolute atomic E-state index is 0. The second kappa shape index (κ2) is 10.2. The summed E-state index contributed by atoms with van der Waals surface area (Å²) in [5.74, 6) is -0.330. The molecular weight excluding hydrogens is 493 g/mol. The molecule has 0 saturated carbocycles. The number of carbonyl (C=O) groups is 2. The van der Waals surface area contributed by atoms with Crippen LogP contribution in [-0.4, -0.2) is 29.4 Å². The van der Waals surface area contributed by atoms with E-state index in [1.807, 2.05) is 30.4 Å². The van der Waals surface area contributed by atoms with Gasteiger partial charge in [-0.3, -0.25) is 14.5 Å². The van der Waals surface area contributed by atoms with Crippen LogP contribution in [-0.2, 0) is 9.59 Å². The number of carbonyl (C=O) groups excluding carboxylic acids is 2. The van der Waals surface area contributed by atoms with Crippen LogP contribution in [0.15, 0.2) is 103 Å². The van der Waals surface area contributed by atoms with E-state index in [1.54, 1.807) is 4.90 Å². The minimum Gasteiger partial charge on any atom is -1.00 e. The predicted molar refractivity (Wildman–Crippen MR) is 132 cm³/mol. The summed E-state index contributed by atoms with van der Waals surface area (Å²) in [5.41, 5.74) is 0. The molecular formula is C28H27BrNO2P. The highest BCUT2D eigenvalue weighted by Crippen LogP contribution is 2.55. The van der Waals surface area contributed by atoms with Gasteiger partial charge in [0.15, 0.2) is 0 Å². The third-order valence-corrected chi connectivity index (χ3v) is 11.3. The number of hydrogen-bond acceptors (Lipinski definition) is 2.